The second-order valence-electron chi connectivity index (χ2n) is 6.08. The summed E-state index contributed by atoms with van der Waals surface area (Å²) in [4.78, 5) is 23.1. The maximum absolute atomic E-state index is 12.1. The molecule has 23 heavy (non-hydrogen) atoms. The van der Waals surface area contributed by atoms with Crippen LogP contribution >= 0.6 is 0 Å². The van der Waals surface area contributed by atoms with Crippen molar-refractivity contribution in [3.05, 3.63) is 52.4 Å². The van der Waals surface area contributed by atoms with Gasteiger partial charge in [0.1, 0.15) is 23.0 Å². The molecular formula is C18H18O5. The Hall–Kier alpha value is -2.40. The van der Waals surface area contributed by atoms with E-state index in [0.29, 0.717) is 16.9 Å². The molecule has 1 aliphatic rings. The van der Waals surface area contributed by atoms with Crippen molar-refractivity contribution in [1.29, 1.82) is 0 Å². The van der Waals surface area contributed by atoms with Crippen LogP contribution in [0.2, 0.25) is 0 Å². The summed E-state index contributed by atoms with van der Waals surface area (Å²) in [5.41, 5.74) is -0.716. The minimum atomic E-state index is -1.20. The smallest absolute Gasteiger partial charge is 0.343 e. The fraction of sp³-hybridized carbons (Fsp3) is 0.333. The summed E-state index contributed by atoms with van der Waals surface area (Å²) in [5, 5.41) is 11.4. The van der Waals surface area contributed by atoms with Crippen LogP contribution in [0, 0.1) is 0 Å². The van der Waals surface area contributed by atoms with E-state index >= 15 is 0 Å². The van der Waals surface area contributed by atoms with Crippen molar-refractivity contribution in [2.45, 2.75) is 38.4 Å². The summed E-state index contributed by atoms with van der Waals surface area (Å²) < 4.78 is 11.2. The zero-order valence-corrected chi connectivity index (χ0v) is 13.0. The number of fused-ring (bicyclic) bond motifs is 3. The summed E-state index contributed by atoms with van der Waals surface area (Å²) in [6.07, 6.45) is 3.01. The van der Waals surface area contributed by atoms with Crippen molar-refractivity contribution in [3.63, 3.8) is 0 Å². The number of aliphatic hydroxyl groups is 1. The molecule has 1 N–H and O–H groups in total. The Kier molecular flexibility index (Phi) is 3.82. The molecule has 2 aromatic rings. The van der Waals surface area contributed by atoms with Crippen LogP contribution in [-0.2, 0) is 11.2 Å². The standard InChI is InChI=1S/C18H18O5/c1-11(19)6-5-9-18(2,21)15-10-13-16(23-15)12-7-3-4-8-14(12)22-17(13)20/h3-8,15,21H,9-10H2,1-2H3/b6-5+. The Morgan fingerprint density at radius 3 is 2.91 bits per heavy atom. The van der Waals surface area contributed by atoms with E-state index < -0.39 is 17.3 Å². The number of para-hydroxylation sites is 1. The summed E-state index contributed by atoms with van der Waals surface area (Å²) in [6, 6.07) is 7.16. The molecule has 0 fully saturated rings. The van der Waals surface area contributed by atoms with E-state index in [4.69, 9.17) is 9.15 Å². The molecule has 0 saturated heterocycles. The molecule has 1 aromatic heterocycles. The van der Waals surface area contributed by atoms with E-state index in [2.05, 4.69) is 0 Å². The predicted molar refractivity (Wildman–Crippen MR) is 85.7 cm³/mol. The van der Waals surface area contributed by atoms with Gasteiger partial charge >= 0.3 is 5.63 Å². The highest BCUT2D eigenvalue weighted by atomic mass is 16.5. The fourth-order valence-corrected chi connectivity index (χ4v) is 2.78. The molecule has 0 aliphatic carbocycles. The summed E-state index contributed by atoms with van der Waals surface area (Å²) in [7, 11) is 0. The third-order valence-electron chi connectivity index (χ3n) is 4.08. The van der Waals surface area contributed by atoms with Gasteiger partial charge in [-0.15, -0.1) is 0 Å². The van der Waals surface area contributed by atoms with Crippen molar-refractivity contribution in [1.82, 2.24) is 0 Å². The van der Waals surface area contributed by atoms with Gasteiger partial charge in [0.15, 0.2) is 5.78 Å². The van der Waals surface area contributed by atoms with Crippen molar-refractivity contribution in [3.8, 4) is 5.75 Å². The van der Waals surface area contributed by atoms with Gasteiger partial charge in [0, 0.05) is 6.42 Å². The molecule has 2 atom stereocenters. The third kappa shape index (κ3) is 2.92. The molecule has 5 nitrogen and oxygen atoms in total. The van der Waals surface area contributed by atoms with Crippen LogP contribution in [0.25, 0.3) is 11.0 Å². The first kappa shape index (κ1) is 15.5. The second kappa shape index (κ2) is 5.66. The highest BCUT2D eigenvalue weighted by molar-refractivity contribution is 5.87. The fourth-order valence-electron chi connectivity index (χ4n) is 2.78. The number of benzene rings is 1. The quantitative estimate of drug-likeness (QED) is 0.692. The number of hydrogen-bond acceptors (Lipinski definition) is 5. The average molecular weight is 314 g/mol. The number of allylic oxidation sites excluding steroid dienone is 1. The van der Waals surface area contributed by atoms with Gasteiger partial charge in [0.25, 0.3) is 0 Å². The Labute approximate surface area is 133 Å². The molecule has 0 bridgehead atoms. The first-order valence-electron chi connectivity index (χ1n) is 7.49. The largest absolute Gasteiger partial charge is 0.486 e. The van der Waals surface area contributed by atoms with Crippen molar-refractivity contribution in [2.24, 2.45) is 0 Å². The maximum atomic E-state index is 12.1. The van der Waals surface area contributed by atoms with E-state index in [1.165, 1.54) is 13.0 Å². The Morgan fingerprint density at radius 2 is 2.17 bits per heavy atom. The van der Waals surface area contributed by atoms with Gasteiger partial charge in [0.2, 0.25) is 0 Å². The molecule has 0 radical (unpaired) electrons. The molecule has 0 amide bonds. The summed E-state index contributed by atoms with van der Waals surface area (Å²) >= 11 is 0. The topological polar surface area (TPSA) is 76.7 Å². The molecule has 0 saturated carbocycles. The minimum Gasteiger partial charge on any atom is -0.486 e. The first-order chi connectivity index (χ1) is 10.9. The molecular weight excluding hydrogens is 296 g/mol. The number of carbonyl (C=O) groups excluding carboxylic acids is 1. The lowest BCUT2D eigenvalue weighted by atomic mass is 9.92. The van der Waals surface area contributed by atoms with Crippen LogP contribution in [0.5, 0.6) is 5.75 Å². The Bertz CT molecular complexity index is 844. The molecule has 1 aromatic carbocycles. The van der Waals surface area contributed by atoms with Crippen LogP contribution in [0.1, 0.15) is 25.8 Å². The normalized spacial score (nSPS) is 19.5. The lowest BCUT2D eigenvalue weighted by molar-refractivity contribution is -0.112. The highest BCUT2D eigenvalue weighted by Crippen LogP contribution is 2.37. The van der Waals surface area contributed by atoms with E-state index in [-0.39, 0.29) is 18.6 Å². The van der Waals surface area contributed by atoms with E-state index in [1.807, 2.05) is 12.1 Å². The van der Waals surface area contributed by atoms with Crippen LogP contribution in [0.3, 0.4) is 0 Å². The number of ketones is 1. The third-order valence-corrected chi connectivity index (χ3v) is 4.08. The van der Waals surface area contributed by atoms with Crippen LogP contribution in [0.15, 0.2) is 45.6 Å². The van der Waals surface area contributed by atoms with E-state index in [9.17, 15) is 14.7 Å². The minimum absolute atomic E-state index is 0.0805. The van der Waals surface area contributed by atoms with Gasteiger partial charge in [-0.05, 0) is 38.5 Å². The number of carbonyl (C=O) groups is 1. The van der Waals surface area contributed by atoms with Crippen LogP contribution in [-0.4, -0.2) is 22.6 Å². The lowest BCUT2D eigenvalue weighted by Crippen LogP contribution is -2.42. The van der Waals surface area contributed by atoms with Gasteiger partial charge in [-0.2, -0.15) is 0 Å². The van der Waals surface area contributed by atoms with E-state index in [1.54, 1.807) is 25.1 Å². The lowest BCUT2D eigenvalue weighted by Gasteiger charge is -2.28. The monoisotopic (exact) mass is 314 g/mol. The van der Waals surface area contributed by atoms with Crippen molar-refractivity contribution < 1.29 is 19.1 Å². The molecule has 3 rings (SSSR count). The summed E-state index contributed by atoms with van der Waals surface area (Å²) in [5.74, 6) is 0.403. The van der Waals surface area contributed by atoms with Gasteiger partial charge in [0.05, 0.1) is 10.9 Å². The Morgan fingerprint density at radius 1 is 1.43 bits per heavy atom. The van der Waals surface area contributed by atoms with Gasteiger partial charge in [-0.3, -0.25) is 4.79 Å². The number of ether oxygens (including phenoxy) is 1. The SMILES string of the molecule is CC(=O)/C=C/CC(C)(O)C1Cc2c(c3ccccc3oc2=O)O1. The zero-order valence-electron chi connectivity index (χ0n) is 13.0. The highest BCUT2D eigenvalue weighted by Gasteiger charge is 2.40. The molecule has 1 aliphatic heterocycles. The molecule has 0 spiro atoms. The molecule has 120 valence electrons. The molecule has 5 heteroatoms. The molecule has 2 unspecified atom stereocenters. The first-order valence-corrected chi connectivity index (χ1v) is 7.49. The van der Waals surface area contributed by atoms with Crippen LogP contribution in [0.4, 0.5) is 0 Å². The average Bonchev–Trinajstić information content (AvgIpc) is 2.93. The Balaban J connectivity index is 1.92. The van der Waals surface area contributed by atoms with Crippen molar-refractivity contribution in [2.75, 3.05) is 0 Å². The zero-order chi connectivity index (χ0) is 16.6. The maximum Gasteiger partial charge on any atom is 0.343 e. The number of hydrogen-bond donors (Lipinski definition) is 1. The van der Waals surface area contributed by atoms with Gasteiger partial charge in [-0.25, -0.2) is 4.79 Å². The number of rotatable bonds is 4. The van der Waals surface area contributed by atoms with Gasteiger partial charge < -0.3 is 14.3 Å². The summed E-state index contributed by atoms with van der Waals surface area (Å²) in [6.45, 7) is 3.09. The molecule has 2 heterocycles. The van der Waals surface area contributed by atoms with E-state index in [0.717, 1.165) is 5.39 Å². The predicted octanol–water partition coefficient (Wildman–Crippen LogP) is 2.38. The second-order valence-corrected chi connectivity index (χ2v) is 6.08. The van der Waals surface area contributed by atoms with Gasteiger partial charge in [-0.1, -0.05) is 18.2 Å². The van der Waals surface area contributed by atoms with Crippen molar-refractivity contribution >= 4 is 16.8 Å². The van der Waals surface area contributed by atoms with Crippen LogP contribution < -0.4 is 10.4 Å².